The Balaban J connectivity index is 1.97. The maximum atomic E-state index is 5.61. The van der Waals surface area contributed by atoms with Gasteiger partial charge in [-0.25, -0.2) is 5.43 Å². The highest BCUT2D eigenvalue weighted by Gasteiger charge is 2.22. The lowest BCUT2D eigenvalue weighted by Gasteiger charge is -2.25. The molecule has 3 N–H and O–H groups in total. The topological polar surface area (TPSA) is 60.4 Å². The van der Waals surface area contributed by atoms with Gasteiger partial charge in [0.1, 0.15) is 5.76 Å². The van der Waals surface area contributed by atoms with Gasteiger partial charge in [-0.2, -0.15) is 0 Å². The fraction of sp³-hybridized carbons (Fsp3) is 0.667. The van der Waals surface area contributed by atoms with Crippen LogP contribution in [0.3, 0.4) is 0 Å². The average molecular weight is 224 g/mol. The number of nitrogens with two attached hydrogens (primary N) is 1. The number of aryl methyl sites for hydroxylation is 1. The van der Waals surface area contributed by atoms with Crippen LogP contribution in [0.15, 0.2) is 16.7 Å². The van der Waals surface area contributed by atoms with Gasteiger partial charge in [0.25, 0.3) is 0 Å². The molecule has 1 saturated heterocycles. The molecule has 0 aromatic carbocycles. The molecule has 1 unspecified atom stereocenters. The summed E-state index contributed by atoms with van der Waals surface area (Å²) in [5.41, 5.74) is 4.02. The van der Waals surface area contributed by atoms with E-state index in [0.717, 1.165) is 43.8 Å². The molecule has 1 aromatic heterocycles. The molecule has 0 radical (unpaired) electrons. The molecular formula is C12H20N2O2. The van der Waals surface area contributed by atoms with Gasteiger partial charge in [0, 0.05) is 13.2 Å². The van der Waals surface area contributed by atoms with E-state index < -0.39 is 0 Å². The summed E-state index contributed by atoms with van der Waals surface area (Å²) >= 11 is 0. The monoisotopic (exact) mass is 224 g/mol. The third-order valence-corrected chi connectivity index (χ3v) is 3.33. The second-order valence-electron chi connectivity index (χ2n) is 4.48. The molecule has 0 spiro atoms. The molecule has 0 saturated carbocycles. The van der Waals surface area contributed by atoms with Gasteiger partial charge < -0.3 is 9.15 Å². The first-order chi connectivity index (χ1) is 7.81. The van der Waals surface area contributed by atoms with E-state index in [1.165, 1.54) is 0 Å². The summed E-state index contributed by atoms with van der Waals surface area (Å²) in [6, 6.07) is 2.10. The molecule has 16 heavy (non-hydrogen) atoms. The molecule has 2 rings (SSSR count). The highest BCUT2D eigenvalue weighted by molar-refractivity contribution is 5.18. The van der Waals surface area contributed by atoms with Gasteiger partial charge >= 0.3 is 0 Å². The van der Waals surface area contributed by atoms with Crippen LogP contribution in [0.1, 0.15) is 36.6 Å². The number of ether oxygens (including phenoxy) is 1. The Bertz CT molecular complexity index is 319. The number of hydrazine groups is 1. The van der Waals surface area contributed by atoms with Crippen LogP contribution in [0.2, 0.25) is 0 Å². The van der Waals surface area contributed by atoms with E-state index in [9.17, 15) is 0 Å². The van der Waals surface area contributed by atoms with Crippen molar-refractivity contribution in [2.45, 2.75) is 32.2 Å². The Morgan fingerprint density at radius 3 is 2.81 bits per heavy atom. The van der Waals surface area contributed by atoms with Crippen molar-refractivity contribution in [3.8, 4) is 0 Å². The fourth-order valence-corrected chi connectivity index (χ4v) is 2.31. The standard InChI is InChI=1S/C12H20N2O2/c1-9-2-7-16-12(9)11(14-13)8-10-3-5-15-6-4-10/h2,7,10-11,14H,3-6,8,13H2,1H3. The zero-order valence-electron chi connectivity index (χ0n) is 9.74. The summed E-state index contributed by atoms with van der Waals surface area (Å²) < 4.78 is 10.8. The van der Waals surface area contributed by atoms with E-state index in [4.69, 9.17) is 15.0 Å². The molecule has 0 bridgehead atoms. The largest absolute Gasteiger partial charge is 0.467 e. The highest BCUT2D eigenvalue weighted by atomic mass is 16.5. The predicted octanol–water partition coefficient (Wildman–Crippen LogP) is 1.91. The summed E-state index contributed by atoms with van der Waals surface area (Å²) in [5, 5.41) is 0. The molecular weight excluding hydrogens is 204 g/mol. The Labute approximate surface area is 96.1 Å². The summed E-state index contributed by atoms with van der Waals surface area (Å²) in [6.07, 6.45) is 4.99. The van der Waals surface area contributed by atoms with Gasteiger partial charge in [-0.1, -0.05) is 0 Å². The number of hydrogen-bond donors (Lipinski definition) is 2. The molecule has 1 fully saturated rings. The Kier molecular flexibility index (Phi) is 3.98. The minimum Gasteiger partial charge on any atom is -0.467 e. The van der Waals surface area contributed by atoms with Crippen molar-refractivity contribution in [1.29, 1.82) is 0 Å². The lowest BCUT2D eigenvalue weighted by atomic mass is 9.91. The van der Waals surface area contributed by atoms with Crippen molar-refractivity contribution >= 4 is 0 Å². The summed E-state index contributed by atoms with van der Waals surface area (Å²) in [4.78, 5) is 0. The Morgan fingerprint density at radius 1 is 1.50 bits per heavy atom. The molecule has 2 heterocycles. The molecule has 0 aliphatic carbocycles. The van der Waals surface area contributed by atoms with Gasteiger partial charge in [0.15, 0.2) is 0 Å². The minimum absolute atomic E-state index is 0.123. The van der Waals surface area contributed by atoms with E-state index in [1.807, 2.05) is 13.0 Å². The van der Waals surface area contributed by atoms with Crippen LogP contribution < -0.4 is 11.3 Å². The van der Waals surface area contributed by atoms with Crippen LogP contribution in [0.5, 0.6) is 0 Å². The third-order valence-electron chi connectivity index (χ3n) is 3.33. The highest BCUT2D eigenvalue weighted by Crippen LogP contribution is 2.29. The van der Waals surface area contributed by atoms with E-state index in [0.29, 0.717) is 5.92 Å². The number of rotatable bonds is 4. The maximum absolute atomic E-state index is 5.61. The van der Waals surface area contributed by atoms with E-state index in [1.54, 1.807) is 6.26 Å². The predicted molar refractivity (Wildman–Crippen MR) is 61.7 cm³/mol. The number of furan rings is 1. The van der Waals surface area contributed by atoms with Gasteiger partial charge in [0.05, 0.1) is 12.3 Å². The van der Waals surface area contributed by atoms with Crippen molar-refractivity contribution in [2.75, 3.05) is 13.2 Å². The van der Waals surface area contributed by atoms with Gasteiger partial charge in [-0.15, -0.1) is 0 Å². The molecule has 4 nitrogen and oxygen atoms in total. The van der Waals surface area contributed by atoms with Gasteiger partial charge in [-0.05, 0) is 43.7 Å². The molecule has 1 atom stereocenters. The van der Waals surface area contributed by atoms with Crippen molar-refractivity contribution < 1.29 is 9.15 Å². The van der Waals surface area contributed by atoms with Crippen molar-refractivity contribution in [1.82, 2.24) is 5.43 Å². The van der Waals surface area contributed by atoms with Crippen molar-refractivity contribution in [3.05, 3.63) is 23.7 Å². The minimum atomic E-state index is 0.123. The van der Waals surface area contributed by atoms with Gasteiger partial charge in [0.2, 0.25) is 0 Å². The van der Waals surface area contributed by atoms with Crippen molar-refractivity contribution in [3.63, 3.8) is 0 Å². The zero-order valence-corrected chi connectivity index (χ0v) is 9.74. The van der Waals surface area contributed by atoms with E-state index >= 15 is 0 Å². The first-order valence-corrected chi connectivity index (χ1v) is 5.89. The van der Waals surface area contributed by atoms with Crippen LogP contribution in [0.4, 0.5) is 0 Å². The van der Waals surface area contributed by atoms with Gasteiger partial charge in [-0.3, -0.25) is 5.84 Å². The smallest absolute Gasteiger partial charge is 0.124 e. The Hall–Kier alpha value is -0.840. The molecule has 90 valence electrons. The lowest BCUT2D eigenvalue weighted by molar-refractivity contribution is 0.0596. The van der Waals surface area contributed by atoms with E-state index in [-0.39, 0.29) is 6.04 Å². The van der Waals surface area contributed by atoms with Crippen LogP contribution in [-0.4, -0.2) is 13.2 Å². The van der Waals surface area contributed by atoms with Crippen molar-refractivity contribution in [2.24, 2.45) is 11.8 Å². The van der Waals surface area contributed by atoms with Crippen LogP contribution in [0, 0.1) is 12.8 Å². The first-order valence-electron chi connectivity index (χ1n) is 5.89. The fourth-order valence-electron chi connectivity index (χ4n) is 2.31. The number of hydrogen-bond acceptors (Lipinski definition) is 4. The maximum Gasteiger partial charge on any atom is 0.124 e. The third kappa shape index (κ3) is 2.64. The average Bonchev–Trinajstić information content (AvgIpc) is 2.74. The van der Waals surface area contributed by atoms with Crippen LogP contribution >= 0.6 is 0 Å². The quantitative estimate of drug-likeness (QED) is 0.606. The van der Waals surface area contributed by atoms with E-state index in [2.05, 4.69) is 5.43 Å². The zero-order chi connectivity index (χ0) is 11.4. The second-order valence-corrected chi connectivity index (χ2v) is 4.48. The summed E-state index contributed by atoms with van der Waals surface area (Å²) in [6.45, 7) is 3.80. The van der Waals surface area contributed by atoms with Crippen LogP contribution in [0.25, 0.3) is 0 Å². The van der Waals surface area contributed by atoms with Crippen LogP contribution in [-0.2, 0) is 4.74 Å². The summed E-state index contributed by atoms with van der Waals surface area (Å²) in [5.74, 6) is 7.26. The lowest BCUT2D eigenvalue weighted by Crippen LogP contribution is -2.31. The molecule has 4 heteroatoms. The Morgan fingerprint density at radius 2 is 2.25 bits per heavy atom. The molecule has 1 aliphatic heterocycles. The first kappa shape index (κ1) is 11.6. The molecule has 0 amide bonds. The molecule has 1 aliphatic rings. The SMILES string of the molecule is Cc1ccoc1C(CC1CCOCC1)NN. The normalized spacial score (nSPS) is 19.9. The number of nitrogens with one attached hydrogen (secondary N) is 1. The molecule has 1 aromatic rings. The summed E-state index contributed by atoms with van der Waals surface area (Å²) in [7, 11) is 0. The second kappa shape index (κ2) is 5.48.